The van der Waals surface area contributed by atoms with Crippen molar-refractivity contribution in [3.8, 4) is 6.07 Å². The smallest absolute Gasteiger partial charge is 0.409 e. The first kappa shape index (κ1) is 21.1. The lowest BCUT2D eigenvalue weighted by atomic mass is 10.1. The van der Waals surface area contributed by atoms with Gasteiger partial charge in [0.15, 0.2) is 0 Å². The van der Waals surface area contributed by atoms with Crippen molar-refractivity contribution in [1.29, 1.82) is 5.26 Å². The van der Waals surface area contributed by atoms with Gasteiger partial charge in [0.05, 0.1) is 18.2 Å². The molecule has 1 N–H and O–H groups in total. The van der Waals surface area contributed by atoms with Crippen LogP contribution in [0.15, 0.2) is 41.3 Å². The monoisotopic (exact) mass is 385 g/mol. The van der Waals surface area contributed by atoms with Crippen LogP contribution in [-0.4, -0.2) is 36.7 Å². The van der Waals surface area contributed by atoms with Gasteiger partial charge in [-0.2, -0.15) is 5.26 Å². The zero-order valence-corrected chi connectivity index (χ0v) is 17.0. The van der Waals surface area contributed by atoms with Crippen molar-refractivity contribution >= 4 is 28.8 Å². The number of hydrogen-bond donors (Lipinski definition) is 1. The number of benzene rings is 2. The maximum Gasteiger partial charge on any atom is 0.409 e. The van der Waals surface area contributed by atoms with Crippen LogP contribution in [0, 0.1) is 11.3 Å². The number of carbonyl (C=O) groups excluding carboxylic acids is 1. The molecule has 1 aliphatic rings. The molecule has 6 heteroatoms. The predicted octanol–water partition coefficient (Wildman–Crippen LogP) is 4.96. The van der Waals surface area contributed by atoms with Gasteiger partial charge in [0.2, 0.25) is 0 Å². The van der Waals surface area contributed by atoms with Crippen molar-refractivity contribution < 1.29 is 9.53 Å². The summed E-state index contributed by atoms with van der Waals surface area (Å²) in [4.78, 5) is 14.6. The van der Waals surface area contributed by atoms with Gasteiger partial charge in [-0.05, 0) is 49.2 Å². The topological polar surface area (TPSA) is 65.4 Å². The number of amides is 1. The summed E-state index contributed by atoms with van der Waals surface area (Å²) in [6, 6.07) is 14.4. The Kier molecular flexibility index (Phi) is 8.43. The molecule has 0 unspecified atom stereocenters. The fourth-order valence-corrected chi connectivity index (χ4v) is 3.95. The van der Waals surface area contributed by atoms with Crippen LogP contribution < -0.4 is 4.72 Å². The first-order chi connectivity index (χ1) is 13.2. The lowest BCUT2D eigenvalue weighted by Crippen LogP contribution is -2.43. The van der Waals surface area contributed by atoms with E-state index in [-0.39, 0.29) is 6.09 Å². The lowest BCUT2D eigenvalue weighted by molar-refractivity contribution is 0.0967. The van der Waals surface area contributed by atoms with Crippen LogP contribution in [-0.2, 0) is 4.74 Å². The highest BCUT2D eigenvalue weighted by Crippen LogP contribution is 2.29. The number of nitrogens with zero attached hydrogens (tertiary/aromatic N) is 2. The fourth-order valence-electron chi connectivity index (χ4n) is 3.00. The summed E-state index contributed by atoms with van der Waals surface area (Å²) in [7, 11) is 0. The van der Waals surface area contributed by atoms with E-state index >= 15 is 0 Å². The number of ether oxygens (including phenoxy) is 1. The van der Waals surface area contributed by atoms with E-state index in [1.807, 2.05) is 57.2 Å². The molecule has 1 fully saturated rings. The van der Waals surface area contributed by atoms with Gasteiger partial charge in [0.1, 0.15) is 0 Å². The average molecular weight is 386 g/mol. The van der Waals surface area contributed by atoms with Crippen LogP contribution in [0.4, 0.5) is 4.79 Å². The Morgan fingerprint density at radius 1 is 1.22 bits per heavy atom. The van der Waals surface area contributed by atoms with E-state index in [9.17, 15) is 10.1 Å². The van der Waals surface area contributed by atoms with Crippen molar-refractivity contribution in [2.24, 2.45) is 0 Å². The second-order valence-electron chi connectivity index (χ2n) is 5.95. The minimum atomic E-state index is -0.216. The molecule has 0 aliphatic carbocycles. The zero-order valence-electron chi connectivity index (χ0n) is 16.2. The number of fused-ring (bicyclic) bond motifs is 1. The molecule has 0 saturated carbocycles. The van der Waals surface area contributed by atoms with E-state index < -0.39 is 0 Å². The third kappa shape index (κ3) is 5.38. The Balaban J connectivity index is 0.00000126. The van der Waals surface area contributed by atoms with Gasteiger partial charge in [0, 0.05) is 29.4 Å². The molecule has 2 aromatic rings. The number of likely N-dealkylation sites (tertiary alicyclic amines) is 1. The van der Waals surface area contributed by atoms with Gasteiger partial charge in [-0.15, -0.1) is 0 Å². The van der Waals surface area contributed by atoms with Crippen LogP contribution in [0.1, 0.15) is 39.2 Å². The third-order valence-electron chi connectivity index (χ3n) is 4.36. The van der Waals surface area contributed by atoms with Crippen LogP contribution in [0.25, 0.3) is 10.8 Å². The molecule has 3 rings (SSSR count). The van der Waals surface area contributed by atoms with Crippen LogP contribution in [0.5, 0.6) is 0 Å². The van der Waals surface area contributed by atoms with E-state index in [0.29, 0.717) is 31.3 Å². The maximum atomic E-state index is 11.7. The average Bonchev–Trinajstić information content (AvgIpc) is 2.74. The Morgan fingerprint density at radius 2 is 1.89 bits per heavy atom. The number of hydrogen-bond acceptors (Lipinski definition) is 5. The molecule has 1 amide bonds. The normalized spacial score (nSPS) is 14.2. The highest BCUT2D eigenvalue weighted by molar-refractivity contribution is 7.97. The maximum absolute atomic E-state index is 11.7. The first-order valence-corrected chi connectivity index (χ1v) is 10.3. The Bertz CT molecular complexity index is 796. The summed E-state index contributed by atoms with van der Waals surface area (Å²) in [6.45, 7) is 7.67. The molecule has 0 aromatic heterocycles. The fraction of sp³-hybridized carbons (Fsp3) is 0.429. The molecule has 1 aliphatic heterocycles. The van der Waals surface area contributed by atoms with E-state index in [0.717, 1.165) is 28.5 Å². The van der Waals surface area contributed by atoms with Crippen LogP contribution >= 0.6 is 11.9 Å². The van der Waals surface area contributed by atoms with Crippen molar-refractivity contribution in [2.75, 3.05) is 19.7 Å². The number of rotatable bonds is 4. The number of carbonyl (C=O) groups is 1. The van der Waals surface area contributed by atoms with Crippen LogP contribution in [0.3, 0.4) is 0 Å². The van der Waals surface area contributed by atoms with Crippen molar-refractivity contribution in [2.45, 2.75) is 44.6 Å². The van der Waals surface area contributed by atoms with Gasteiger partial charge in [-0.1, -0.05) is 38.1 Å². The molecule has 0 atom stereocenters. The highest BCUT2D eigenvalue weighted by Gasteiger charge is 2.23. The molecular formula is C21H27N3O2S. The van der Waals surface area contributed by atoms with Gasteiger partial charge in [-0.25, -0.2) is 4.79 Å². The molecule has 0 bridgehead atoms. The summed E-state index contributed by atoms with van der Waals surface area (Å²) < 4.78 is 8.56. The third-order valence-corrected chi connectivity index (χ3v) is 5.39. The summed E-state index contributed by atoms with van der Waals surface area (Å²) >= 11 is 1.60. The van der Waals surface area contributed by atoms with Crippen LogP contribution in [0.2, 0.25) is 0 Å². The van der Waals surface area contributed by atoms with Crippen molar-refractivity contribution in [3.05, 3.63) is 42.0 Å². The molecule has 1 heterocycles. The van der Waals surface area contributed by atoms with Crippen molar-refractivity contribution in [1.82, 2.24) is 9.62 Å². The Hall–Kier alpha value is -2.23. The molecule has 27 heavy (non-hydrogen) atoms. The number of piperidine rings is 1. The van der Waals surface area contributed by atoms with Crippen molar-refractivity contribution in [3.63, 3.8) is 0 Å². The summed E-state index contributed by atoms with van der Waals surface area (Å²) in [5.74, 6) is 0. The minimum absolute atomic E-state index is 0.216. The Morgan fingerprint density at radius 3 is 2.52 bits per heavy atom. The van der Waals surface area contributed by atoms with Gasteiger partial charge in [-0.3, -0.25) is 4.72 Å². The summed E-state index contributed by atoms with van der Waals surface area (Å²) in [5.41, 5.74) is 0.697. The summed E-state index contributed by atoms with van der Waals surface area (Å²) in [6.07, 6.45) is 1.59. The van der Waals surface area contributed by atoms with Gasteiger partial charge < -0.3 is 9.64 Å². The quantitative estimate of drug-likeness (QED) is 0.754. The minimum Gasteiger partial charge on any atom is -0.450 e. The van der Waals surface area contributed by atoms with E-state index in [4.69, 9.17) is 4.74 Å². The molecular weight excluding hydrogens is 358 g/mol. The van der Waals surface area contributed by atoms with E-state index in [2.05, 4.69) is 10.8 Å². The lowest BCUT2D eigenvalue weighted by Gasteiger charge is -2.31. The zero-order chi connectivity index (χ0) is 19.6. The number of nitriles is 1. The SMILES string of the molecule is CC.CCOC(=O)N1CCC(NSc2ccc(C#N)c3ccccc23)CC1. The highest BCUT2D eigenvalue weighted by atomic mass is 32.2. The second-order valence-corrected chi connectivity index (χ2v) is 6.83. The van der Waals surface area contributed by atoms with E-state index in [1.54, 1.807) is 16.8 Å². The largest absolute Gasteiger partial charge is 0.450 e. The van der Waals surface area contributed by atoms with Gasteiger partial charge >= 0.3 is 6.09 Å². The van der Waals surface area contributed by atoms with E-state index in [1.165, 1.54) is 0 Å². The Labute approximate surface area is 165 Å². The molecule has 0 spiro atoms. The predicted molar refractivity (Wildman–Crippen MR) is 111 cm³/mol. The second kappa shape index (κ2) is 10.8. The molecule has 1 saturated heterocycles. The van der Waals surface area contributed by atoms with Gasteiger partial charge in [0.25, 0.3) is 0 Å². The standard InChI is InChI=1S/C19H21N3O2S.C2H6/c1-2-24-19(23)22-11-9-15(10-12-22)21-25-18-8-7-14(13-20)16-5-3-4-6-17(16)18;1-2/h3-8,15,21H,2,9-12H2,1H3;1-2H3. The molecule has 0 radical (unpaired) electrons. The molecule has 5 nitrogen and oxygen atoms in total. The first-order valence-electron chi connectivity index (χ1n) is 9.49. The molecule has 2 aromatic carbocycles. The summed E-state index contributed by atoms with van der Waals surface area (Å²) in [5, 5.41) is 11.3. The molecule has 144 valence electrons. The number of nitrogens with one attached hydrogen (secondary N) is 1.